The quantitative estimate of drug-likeness (QED) is 0.470. The summed E-state index contributed by atoms with van der Waals surface area (Å²) in [6.45, 7) is 5.57. The van der Waals surface area contributed by atoms with E-state index in [1.165, 1.54) is 19.3 Å². The van der Waals surface area contributed by atoms with E-state index in [2.05, 4.69) is 51.0 Å². The van der Waals surface area contributed by atoms with Crippen molar-refractivity contribution in [2.24, 2.45) is 0 Å². The third-order valence-electron chi connectivity index (χ3n) is 2.79. The van der Waals surface area contributed by atoms with E-state index in [0.29, 0.717) is 3.42 Å². The Morgan fingerprint density at radius 2 is 2.12 bits per heavy atom. The fourth-order valence-electron chi connectivity index (χ4n) is 1.89. The van der Waals surface area contributed by atoms with Gasteiger partial charge in [0.1, 0.15) is 5.52 Å². The van der Waals surface area contributed by atoms with E-state index in [9.17, 15) is 0 Å². The largest absolute Gasteiger partial charge is 0.315 e. The molecule has 0 aliphatic carbocycles. The van der Waals surface area contributed by atoms with E-state index in [-0.39, 0.29) is 0 Å². The number of aryl methyl sites for hydroxylation is 1. The number of hydrogen-bond donors (Lipinski definition) is 0. The molecule has 2 aromatic heterocycles. The molecule has 3 nitrogen and oxygen atoms in total. The molecule has 0 fully saturated rings. The lowest BCUT2D eigenvalue weighted by molar-refractivity contribution is 0.553. The Kier molecular flexibility index (Phi) is 4.01. The SMILES string of the molecule is CC(C)(I)CCCCn1cnc2cccnc21. The van der Waals surface area contributed by atoms with Crippen LogP contribution in [-0.4, -0.2) is 18.0 Å². The van der Waals surface area contributed by atoms with Crippen LogP contribution in [0.15, 0.2) is 24.7 Å². The Hall–Kier alpha value is -0.650. The summed E-state index contributed by atoms with van der Waals surface area (Å²) < 4.78 is 2.56. The van der Waals surface area contributed by atoms with Crippen molar-refractivity contribution in [1.29, 1.82) is 0 Å². The third-order valence-corrected chi connectivity index (χ3v) is 3.33. The molecular weight excluding hydrogens is 325 g/mol. The summed E-state index contributed by atoms with van der Waals surface area (Å²) in [5.41, 5.74) is 1.99. The number of imidazole rings is 1. The average molecular weight is 343 g/mol. The number of hydrogen-bond acceptors (Lipinski definition) is 2. The number of alkyl halides is 1. The van der Waals surface area contributed by atoms with Gasteiger partial charge in [0.15, 0.2) is 5.65 Å². The normalized spacial score (nSPS) is 12.2. The van der Waals surface area contributed by atoms with Gasteiger partial charge in [-0.1, -0.05) is 42.9 Å². The summed E-state index contributed by atoms with van der Waals surface area (Å²) in [6.07, 6.45) is 7.42. The summed E-state index contributed by atoms with van der Waals surface area (Å²) in [6, 6.07) is 3.94. The zero-order valence-electron chi connectivity index (χ0n) is 10.4. The minimum absolute atomic E-state index is 0.410. The van der Waals surface area contributed by atoms with E-state index in [1.807, 2.05) is 24.7 Å². The van der Waals surface area contributed by atoms with Gasteiger partial charge in [-0.05, 0) is 25.0 Å². The van der Waals surface area contributed by atoms with Crippen molar-refractivity contribution in [3.05, 3.63) is 24.7 Å². The molecular formula is C13H18IN3. The van der Waals surface area contributed by atoms with Crippen LogP contribution < -0.4 is 0 Å². The zero-order valence-corrected chi connectivity index (χ0v) is 12.5. The van der Waals surface area contributed by atoms with Crippen LogP contribution in [0.2, 0.25) is 0 Å². The average Bonchev–Trinajstić information content (AvgIpc) is 2.67. The standard InChI is InChI=1S/C13H18IN3/c1-13(2,14)7-3-4-9-17-10-16-11-6-5-8-15-12(11)17/h5-6,8,10H,3-4,7,9H2,1-2H3. The summed E-state index contributed by atoms with van der Waals surface area (Å²) >= 11 is 2.51. The van der Waals surface area contributed by atoms with Crippen LogP contribution in [0.5, 0.6) is 0 Å². The zero-order chi connectivity index (χ0) is 12.3. The molecule has 0 aromatic carbocycles. The number of rotatable bonds is 5. The van der Waals surface area contributed by atoms with Gasteiger partial charge >= 0.3 is 0 Å². The predicted molar refractivity (Wildman–Crippen MR) is 79.5 cm³/mol. The fraction of sp³-hybridized carbons (Fsp3) is 0.538. The summed E-state index contributed by atoms with van der Waals surface area (Å²) in [7, 11) is 0. The van der Waals surface area contributed by atoms with Crippen LogP contribution >= 0.6 is 22.6 Å². The second kappa shape index (κ2) is 5.33. The highest BCUT2D eigenvalue weighted by Gasteiger charge is 2.11. The van der Waals surface area contributed by atoms with Crippen LogP contribution in [0.4, 0.5) is 0 Å². The lowest BCUT2D eigenvalue weighted by atomic mass is 10.1. The summed E-state index contributed by atoms with van der Waals surface area (Å²) in [5.74, 6) is 0. The topological polar surface area (TPSA) is 30.7 Å². The first kappa shape index (κ1) is 12.8. The van der Waals surface area contributed by atoms with Gasteiger partial charge in [0.2, 0.25) is 0 Å². The fourth-order valence-corrected chi connectivity index (χ4v) is 2.27. The van der Waals surface area contributed by atoms with E-state index < -0.39 is 0 Å². The Morgan fingerprint density at radius 1 is 1.29 bits per heavy atom. The van der Waals surface area contributed by atoms with E-state index >= 15 is 0 Å². The van der Waals surface area contributed by atoms with Crippen molar-refractivity contribution in [3.8, 4) is 0 Å². The van der Waals surface area contributed by atoms with Crippen molar-refractivity contribution in [2.75, 3.05) is 0 Å². The van der Waals surface area contributed by atoms with E-state index in [4.69, 9.17) is 0 Å². The van der Waals surface area contributed by atoms with Gasteiger partial charge < -0.3 is 4.57 Å². The maximum atomic E-state index is 4.37. The highest BCUT2D eigenvalue weighted by atomic mass is 127. The molecule has 0 saturated carbocycles. The monoisotopic (exact) mass is 343 g/mol. The van der Waals surface area contributed by atoms with Gasteiger partial charge in [0.25, 0.3) is 0 Å². The molecule has 2 heterocycles. The minimum Gasteiger partial charge on any atom is -0.315 e. The van der Waals surface area contributed by atoms with Crippen LogP contribution in [0, 0.1) is 0 Å². The molecule has 0 unspecified atom stereocenters. The molecule has 0 atom stereocenters. The first-order chi connectivity index (χ1) is 8.06. The first-order valence-corrected chi connectivity index (χ1v) is 7.09. The van der Waals surface area contributed by atoms with Crippen LogP contribution in [-0.2, 0) is 6.54 Å². The van der Waals surface area contributed by atoms with Gasteiger partial charge in [0, 0.05) is 16.2 Å². The second-order valence-electron chi connectivity index (χ2n) is 4.96. The minimum atomic E-state index is 0.410. The maximum Gasteiger partial charge on any atom is 0.159 e. The number of fused-ring (bicyclic) bond motifs is 1. The maximum absolute atomic E-state index is 4.37. The first-order valence-electron chi connectivity index (χ1n) is 6.01. The Balaban J connectivity index is 1.91. The van der Waals surface area contributed by atoms with E-state index in [0.717, 1.165) is 17.7 Å². The second-order valence-corrected chi connectivity index (χ2v) is 7.88. The molecule has 4 heteroatoms. The third kappa shape index (κ3) is 3.66. The van der Waals surface area contributed by atoms with Crippen LogP contribution in [0.3, 0.4) is 0 Å². The van der Waals surface area contributed by atoms with Gasteiger partial charge in [-0.15, -0.1) is 0 Å². The molecule has 0 spiro atoms. The van der Waals surface area contributed by atoms with Gasteiger partial charge in [-0.25, -0.2) is 9.97 Å². The molecule has 0 radical (unpaired) electrons. The van der Waals surface area contributed by atoms with Gasteiger partial charge in [-0.3, -0.25) is 0 Å². The van der Waals surface area contributed by atoms with Crippen LogP contribution in [0.1, 0.15) is 33.1 Å². The van der Waals surface area contributed by atoms with Crippen molar-refractivity contribution in [1.82, 2.24) is 14.5 Å². The van der Waals surface area contributed by atoms with Crippen molar-refractivity contribution in [3.63, 3.8) is 0 Å². The highest BCUT2D eigenvalue weighted by molar-refractivity contribution is 14.1. The van der Waals surface area contributed by atoms with E-state index in [1.54, 1.807) is 0 Å². The van der Waals surface area contributed by atoms with Crippen LogP contribution in [0.25, 0.3) is 11.2 Å². The highest BCUT2D eigenvalue weighted by Crippen LogP contribution is 2.24. The molecule has 0 aliphatic rings. The lowest BCUT2D eigenvalue weighted by Crippen LogP contribution is -2.09. The lowest BCUT2D eigenvalue weighted by Gasteiger charge is -2.15. The Morgan fingerprint density at radius 3 is 2.88 bits per heavy atom. The molecule has 0 aliphatic heterocycles. The molecule has 17 heavy (non-hydrogen) atoms. The predicted octanol–water partition coefficient (Wildman–Crippen LogP) is 3.82. The molecule has 2 aromatic rings. The number of pyridine rings is 1. The summed E-state index contributed by atoms with van der Waals surface area (Å²) in [5, 5.41) is 0. The molecule has 0 saturated heterocycles. The van der Waals surface area contributed by atoms with Gasteiger partial charge in [-0.2, -0.15) is 0 Å². The molecule has 2 rings (SSSR count). The molecule has 0 amide bonds. The smallest absolute Gasteiger partial charge is 0.159 e. The number of aromatic nitrogens is 3. The number of unbranched alkanes of at least 4 members (excludes halogenated alkanes) is 1. The Labute approximate surface area is 116 Å². The number of nitrogens with zero attached hydrogens (tertiary/aromatic N) is 3. The molecule has 92 valence electrons. The Bertz CT molecular complexity index is 485. The van der Waals surface area contributed by atoms with Crippen molar-refractivity contribution in [2.45, 2.75) is 43.1 Å². The summed E-state index contributed by atoms with van der Waals surface area (Å²) in [4.78, 5) is 8.71. The van der Waals surface area contributed by atoms with Gasteiger partial charge in [0.05, 0.1) is 6.33 Å². The molecule has 0 bridgehead atoms. The van der Waals surface area contributed by atoms with Crippen molar-refractivity contribution >= 4 is 33.8 Å². The van der Waals surface area contributed by atoms with Crippen molar-refractivity contribution < 1.29 is 0 Å². The number of halogens is 1. The molecule has 0 N–H and O–H groups in total.